The number of amides is 1. The third-order valence-electron chi connectivity index (χ3n) is 3.82. The van der Waals surface area contributed by atoms with Crippen molar-refractivity contribution in [3.8, 4) is 0 Å². The molecule has 2 N–H and O–H groups in total. The number of aromatic nitrogens is 2. The van der Waals surface area contributed by atoms with Crippen LogP contribution < -0.4 is 16.4 Å². The molecule has 0 aliphatic rings. The number of H-pyrrole nitrogens is 1. The van der Waals surface area contributed by atoms with Gasteiger partial charge in [-0.3, -0.25) is 14.4 Å². The van der Waals surface area contributed by atoms with Gasteiger partial charge in [-0.1, -0.05) is 24.3 Å². The van der Waals surface area contributed by atoms with E-state index in [-0.39, 0.29) is 31.2 Å². The molecule has 128 valence electrons. The highest BCUT2D eigenvalue weighted by atomic mass is 19.1. The summed E-state index contributed by atoms with van der Waals surface area (Å²) in [5.41, 5.74) is 0.491. The molecular formula is C18H16FN3O3. The largest absolute Gasteiger partial charge is 0.354 e. The third kappa shape index (κ3) is 3.82. The molecule has 7 heteroatoms. The van der Waals surface area contributed by atoms with Crippen molar-refractivity contribution in [1.29, 1.82) is 0 Å². The Hall–Kier alpha value is -3.22. The molecule has 0 spiro atoms. The first kappa shape index (κ1) is 16.6. The van der Waals surface area contributed by atoms with Crippen LogP contribution in [0.2, 0.25) is 0 Å². The van der Waals surface area contributed by atoms with Crippen molar-refractivity contribution in [2.24, 2.45) is 0 Å². The van der Waals surface area contributed by atoms with Gasteiger partial charge in [0.15, 0.2) is 0 Å². The number of carbonyl (C=O) groups is 1. The zero-order chi connectivity index (χ0) is 17.8. The number of halogens is 1. The summed E-state index contributed by atoms with van der Waals surface area (Å²) in [7, 11) is 0. The maximum Gasteiger partial charge on any atom is 0.316 e. The summed E-state index contributed by atoms with van der Waals surface area (Å²) < 4.78 is 14.2. The summed E-state index contributed by atoms with van der Waals surface area (Å²) in [6.45, 7) is 0.381. The lowest BCUT2D eigenvalue weighted by atomic mass is 10.1. The van der Waals surface area contributed by atoms with Gasteiger partial charge in [0.05, 0.1) is 17.5 Å². The Labute approximate surface area is 141 Å². The second-order valence-electron chi connectivity index (χ2n) is 5.58. The molecule has 0 atom stereocenters. The van der Waals surface area contributed by atoms with E-state index in [1.54, 1.807) is 36.4 Å². The van der Waals surface area contributed by atoms with E-state index in [2.05, 4.69) is 10.3 Å². The van der Waals surface area contributed by atoms with Gasteiger partial charge in [-0.2, -0.15) is 0 Å². The maximum absolute atomic E-state index is 12.9. The van der Waals surface area contributed by atoms with E-state index in [1.807, 2.05) is 0 Å². The molecule has 3 rings (SSSR count). The number of carbonyl (C=O) groups excluding carboxylic acids is 1. The number of fused-ring (bicyclic) bond motifs is 1. The molecule has 1 amide bonds. The van der Waals surface area contributed by atoms with Crippen LogP contribution in [-0.4, -0.2) is 22.0 Å². The van der Waals surface area contributed by atoms with Crippen molar-refractivity contribution in [2.45, 2.75) is 13.0 Å². The van der Waals surface area contributed by atoms with E-state index < -0.39 is 11.1 Å². The predicted molar refractivity (Wildman–Crippen MR) is 91.9 cm³/mol. The Balaban J connectivity index is 1.68. The molecule has 0 aliphatic carbocycles. The Bertz CT molecular complexity index is 1020. The molecular weight excluding hydrogens is 325 g/mol. The maximum atomic E-state index is 12.9. The average Bonchev–Trinajstić information content (AvgIpc) is 2.60. The number of hydrogen-bond donors (Lipinski definition) is 2. The summed E-state index contributed by atoms with van der Waals surface area (Å²) >= 11 is 0. The van der Waals surface area contributed by atoms with Gasteiger partial charge in [-0.15, -0.1) is 0 Å². The molecule has 1 aromatic heterocycles. The SMILES string of the molecule is O=C(Cc1ccc(F)cc1)NCCn1c(=O)c(=O)[nH]c2ccccc21. The topological polar surface area (TPSA) is 84.0 Å². The lowest BCUT2D eigenvalue weighted by molar-refractivity contribution is -0.120. The molecule has 1 heterocycles. The molecule has 2 aromatic carbocycles. The predicted octanol–water partition coefficient (Wildman–Crippen LogP) is 1.19. The van der Waals surface area contributed by atoms with Gasteiger partial charge in [0.2, 0.25) is 5.91 Å². The number of benzene rings is 2. The number of rotatable bonds is 5. The van der Waals surface area contributed by atoms with E-state index in [1.165, 1.54) is 16.7 Å². The van der Waals surface area contributed by atoms with Crippen LogP contribution in [0.1, 0.15) is 5.56 Å². The van der Waals surface area contributed by atoms with Gasteiger partial charge in [-0.25, -0.2) is 4.39 Å². The highest BCUT2D eigenvalue weighted by molar-refractivity contribution is 5.78. The van der Waals surface area contributed by atoms with E-state index in [0.717, 1.165) is 0 Å². The van der Waals surface area contributed by atoms with Crippen LogP contribution >= 0.6 is 0 Å². The van der Waals surface area contributed by atoms with Gasteiger partial charge in [-0.05, 0) is 29.8 Å². The zero-order valence-corrected chi connectivity index (χ0v) is 13.3. The van der Waals surface area contributed by atoms with Crippen molar-refractivity contribution >= 4 is 16.9 Å². The van der Waals surface area contributed by atoms with Crippen molar-refractivity contribution in [3.05, 3.63) is 80.6 Å². The Morgan fingerprint density at radius 1 is 1.08 bits per heavy atom. The minimum absolute atomic E-state index is 0.116. The van der Waals surface area contributed by atoms with E-state index in [4.69, 9.17) is 0 Å². The molecule has 0 saturated carbocycles. The molecule has 0 saturated heterocycles. The van der Waals surface area contributed by atoms with E-state index in [9.17, 15) is 18.8 Å². The Kier molecular flexibility index (Phi) is 4.74. The van der Waals surface area contributed by atoms with Crippen molar-refractivity contribution < 1.29 is 9.18 Å². The minimum Gasteiger partial charge on any atom is -0.354 e. The standard InChI is InChI=1S/C18H16FN3O3/c19-13-7-5-12(6-8-13)11-16(23)20-9-10-22-15-4-2-1-3-14(15)21-17(24)18(22)25/h1-8H,9-11H2,(H,20,23)(H,21,24). The monoisotopic (exact) mass is 341 g/mol. The first-order valence-electron chi connectivity index (χ1n) is 7.77. The molecule has 0 bridgehead atoms. The van der Waals surface area contributed by atoms with Crippen molar-refractivity contribution in [1.82, 2.24) is 14.9 Å². The van der Waals surface area contributed by atoms with Gasteiger partial charge < -0.3 is 14.9 Å². The number of hydrogen-bond acceptors (Lipinski definition) is 3. The number of para-hydroxylation sites is 2. The van der Waals surface area contributed by atoms with Crippen LogP contribution in [0, 0.1) is 5.82 Å². The summed E-state index contributed by atoms with van der Waals surface area (Å²) in [4.78, 5) is 38.2. The van der Waals surface area contributed by atoms with Crippen molar-refractivity contribution in [3.63, 3.8) is 0 Å². The van der Waals surface area contributed by atoms with Crippen molar-refractivity contribution in [2.75, 3.05) is 6.54 Å². The van der Waals surface area contributed by atoms with Crippen LogP contribution in [0.3, 0.4) is 0 Å². The summed E-state index contributed by atoms with van der Waals surface area (Å²) in [5, 5.41) is 2.70. The number of nitrogens with one attached hydrogen (secondary N) is 2. The van der Waals surface area contributed by atoms with Crippen LogP contribution in [-0.2, 0) is 17.8 Å². The number of nitrogens with zero attached hydrogens (tertiary/aromatic N) is 1. The van der Waals surface area contributed by atoms with Gasteiger partial charge in [0.1, 0.15) is 5.82 Å². The summed E-state index contributed by atoms with van der Waals surface area (Å²) in [6, 6.07) is 12.6. The smallest absolute Gasteiger partial charge is 0.316 e. The van der Waals surface area contributed by atoms with Crippen LogP contribution in [0.25, 0.3) is 11.0 Å². The molecule has 0 radical (unpaired) electrons. The van der Waals surface area contributed by atoms with Gasteiger partial charge in [0.25, 0.3) is 0 Å². The first-order valence-corrected chi connectivity index (χ1v) is 7.77. The molecule has 25 heavy (non-hydrogen) atoms. The van der Waals surface area contributed by atoms with Crippen LogP contribution in [0.4, 0.5) is 4.39 Å². The number of aromatic amines is 1. The first-order chi connectivity index (χ1) is 12.0. The molecule has 0 aliphatic heterocycles. The second-order valence-corrected chi connectivity index (χ2v) is 5.58. The highest BCUT2D eigenvalue weighted by Crippen LogP contribution is 2.07. The lowest BCUT2D eigenvalue weighted by Crippen LogP contribution is -2.39. The quantitative estimate of drug-likeness (QED) is 0.684. The Morgan fingerprint density at radius 3 is 2.56 bits per heavy atom. The van der Waals surface area contributed by atoms with Gasteiger partial charge >= 0.3 is 11.1 Å². The normalized spacial score (nSPS) is 10.8. The zero-order valence-electron chi connectivity index (χ0n) is 13.3. The fraction of sp³-hybridized carbons (Fsp3) is 0.167. The summed E-state index contributed by atoms with van der Waals surface area (Å²) in [5.74, 6) is -0.599. The average molecular weight is 341 g/mol. The van der Waals surface area contributed by atoms with E-state index >= 15 is 0 Å². The molecule has 6 nitrogen and oxygen atoms in total. The fourth-order valence-corrected chi connectivity index (χ4v) is 2.60. The fourth-order valence-electron chi connectivity index (χ4n) is 2.60. The Morgan fingerprint density at radius 2 is 1.80 bits per heavy atom. The third-order valence-corrected chi connectivity index (χ3v) is 3.82. The minimum atomic E-state index is -0.698. The van der Waals surface area contributed by atoms with Gasteiger partial charge in [0, 0.05) is 13.1 Å². The van der Waals surface area contributed by atoms with Crippen LogP contribution in [0.5, 0.6) is 0 Å². The molecule has 3 aromatic rings. The highest BCUT2D eigenvalue weighted by Gasteiger charge is 2.08. The van der Waals surface area contributed by atoms with E-state index in [0.29, 0.717) is 16.6 Å². The van der Waals surface area contributed by atoms with Crippen LogP contribution in [0.15, 0.2) is 58.1 Å². The lowest BCUT2D eigenvalue weighted by Gasteiger charge is -2.10. The second kappa shape index (κ2) is 7.12. The molecule has 0 unspecified atom stereocenters. The summed E-state index contributed by atoms with van der Waals surface area (Å²) in [6.07, 6.45) is 0.116. The molecule has 0 fully saturated rings.